The van der Waals surface area contributed by atoms with Crippen molar-refractivity contribution in [2.45, 2.75) is 12.6 Å². The fourth-order valence-electron chi connectivity index (χ4n) is 3.40. The molecular weight excluding hydrogens is 394 g/mol. The number of carbonyl (C=O) groups excluding carboxylic acids is 1. The van der Waals surface area contributed by atoms with E-state index in [4.69, 9.17) is 0 Å². The Bertz CT molecular complexity index is 1030. The maximum atomic E-state index is 13.1. The molecule has 1 saturated heterocycles. The van der Waals surface area contributed by atoms with Crippen molar-refractivity contribution in [3.05, 3.63) is 65.2 Å². The number of hydrogen-bond acceptors (Lipinski definition) is 6. The number of nitrogens with zero attached hydrogens (tertiary/aromatic N) is 2. The molecule has 8 heteroatoms. The second-order valence-electron chi connectivity index (χ2n) is 6.79. The molecule has 3 aromatic rings. The Morgan fingerprint density at radius 1 is 1.07 bits per heavy atom. The Labute approximate surface area is 168 Å². The highest BCUT2D eigenvalue weighted by Gasteiger charge is 2.32. The van der Waals surface area contributed by atoms with Gasteiger partial charge in [0.15, 0.2) is 9.84 Å². The van der Waals surface area contributed by atoms with E-state index in [1.807, 2.05) is 59.5 Å². The number of carbonyl (C=O) groups is 1. The van der Waals surface area contributed by atoms with Gasteiger partial charge in [-0.05, 0) is 17.7 Å². The maximum absolute atomic E-state index is 13.1. The van der Waals surface area contributed by atoms with Gasteiger partial charge in [0.25, 0.3) is 0 Å². The molecule has 28 heavy (non-hydrogen) atoms. The van der Waals surface area contributed by atoms with E-state index < -0.39 is 15.9 Å². The molecule has 1 aromatic heterocycles. The van der Waals surface area contributed by atoms with E-state index in [1.54, 1.807) is 11.3 Å². The molecule has 1 fully saturated rings. The Morgan fingerprint density at radius 2 is 1.75 bits per heavy atom. The van der Waals surface area contributed by atoms with Gasteiger partial charge in [-0.15, -0.1) is 11.3 Å². The predicted octanol–water partition coefficient (Wildman–Crippen LogP) is 2.38. The number of aromatic nitrogens is 1. The van der Waals surface area contributed by atoms with Crippen LogP contribution in [0.25, 0.3) is 10.2 Å². The zero-order valence-corrected chi connectivity index (χ0v) is 16.9. The quantitative estimate of drug-likeness (QED) is 0.692. The topological polar surface area (TPSA) is 79.4 Å². The first kappa shape index (κ1) is 19.0. The summed E-state index contributed by atoms with van der Waals surface area (Å²) in [5.41, 5.74) is 1.79. The molecule has 146 valence electrons. The van der Waals surface area contributed by atoms with Gasteiger partial charge < -0.3 is 5.32 Å². The number of para-hydroxylation sites is 1. The van der Waals surface area contributed by atoms with Gasteiger partial charge in [-0.2, -0.15) is 0 Å². The Balaban J connectivity index is 1.51. The van der Waals surface area contributed by atoms with Gasteiger partial charge in [0.1, 0.15) is 11.0 Å². The molecule has 4 rings (SSSR count). The molecule has 1 N–H and O–H groups in total. The van der Waals surface area contributed by atoms with Crippen molar-refractivity contribution in [3.8, 4) is 0 Å². The lowest BCUT2D eigenvalue weighted by Gasteiger charge is -2.33. The summed E-state index contributed by atoms with van der Waals surface area (Å²) in [5, 5.41) is 3.84. The molecule has 0 aliphatic carbocycles. The van der Waals surface area contributed by atoms with Crippen LogP contribution >= 0.6 is 11.3 Å². The van der Waals surface area contributed by atoms with Crippen molar-refractivity contribution in [1.29, 1.82) is 0 Å². The average molecular weight is 416 g/mol. The molecule has 1 atom stereocenters. The minimum absolute atomic E-state index is 0.0848. The summed E-state index contributed by atoms with van der Waals surface area (Å²) in [6.45, 7) is 1.07. The Kier molecular flexibility index (Phi) is 5.43. The highest BCUT2D eigenvalue weighted by Crippen LogP contribution is 2.24. The third-order valence-corrected chi connectivity index (χ3v) is 7.51. The number of sulfone groups is 1. The molecule has 6 nitrogen and oxygen atoms in total. The minimum atomic E-state index is -3.01. The van der Waals surface area contributed by atoms with Gasteiger partial charge in [0.2, 0.25) is 5.91 Å². The molecule has 1 aliphatic rings. The lowest BCUT2D eigenvalue weighted by molar-refractivity contribution is -0.126. The monoisotopic (exact) mass is 415 g/mol. The molecule has 1 unspecified atom stereocenters. The van der Waals surface area contributed by atoms with Gasteiger partial charge in [-0.3, -0.25) is 9.69 Å². The number of benzene rings is 2. The van der Waals surface area contributed by atoms with Crippen LogP contribution in [-0.4, -0.2) is 48.8 Å². The van der Waals surface area contributed by atoms with Crippen molar-refractivity contribution >= 4 is 37.3 Å². The summed E-state index contributed by atoms with van der Waals surface area (Å²) < 4.78 is 24.7. The van der Waals surface area contributed by atoms with Crippen LogP contribution in [0.1, 0.15) is 16.6 Å². The SMILES string of the molecule is O=C(NCc1nc2ccccc2s1)C(c1ccccc1)N1CCS(=O)(=O)CC1. The van der Waals surface area contributed by atoms with Crippen LogP contribution in [0.15, 0.2) is 54.6 Å². The fraction of sp³-hybridized carbons (Fsp3) is 0.300. The molecule has 1 aliphatic heterocycles. The van der Waals surface area contributed by atoms with Crippen molar-refractivity contribution < 1.29 is 13.2 Å². The van der Waals surface area contributed by atoms with Gasteiger partial charge >= 0.3 is 0 Å². The largest absolute Gasteiger partial charge is 0.348 e. The van der Waals surface area contributed by atoms with Crippen LogP contribution in [0.4, 0.5) is 0 Å². The number of nitrogens with one attached hydrogen (secondary N) is 1. The molecule has 0 radical (unpaired) electrons. The first-order chi connectivity index (χ1) is 13.5. The summed E-state index contributed by atoms with van der Waals surface area (Å²) in [6.07, 6.45) is 0. The van der Waals surface area contributed by atoms with E-state index in [-0.39, 0.29) is 17.4 Å². The van der Waals surface area contributed by atoms with Crippen LogP contribution in [0.3, 0.4) is 0 Å². The Hall–Kier alpha value is -2.29. The number of amides is 1. The molecule has 0 saturated carbocycles. The normalized spacial score (nSPS) is 18.0. The highest BCUT2D eigenvalue weighted by molar-refractivity contribution is 7.91. The van der Waals surface area contributed by atoms with E-state index in [9.17, 15) is 13.2 Å². The lowest BCUT2D eigenvalue weighted by atomic mass is 10.0. The van der Waals surface area contributed by atoms with Crippen molar-refractivity contribution in [2.75, 3.05) is 24.6 Å². The van der Waals surface area contributed by atoms with E-state index >= 15 is 0 Å². The van der Waals surface area contributed by atoms with Crippen molar-refractivity contribution in [3.63, 3.8) is 0 Å². The van der Waals surface area contributed by atoms with Crippen molar-refractivity contribution in [2.24, 2.45) is 0 Å². The maximum Gasteiger partial charge on any atom is 0.242 e. The average Bonchev–Trinajstić information content (AvgIpc) is 3.12. The first-order valence-electron chi connectivity index (χ1n) is 9.13. The summed E-state index contributed by atoms with van der Waals surface area (Å²) in [6, 6.07) is 16.9. The number of thiazole rings is 1. The molecule has 0 bridgehead atoms. The summed E-state index contributed by atoms with van der Waals surface area (Å²) >= 11 is 1.56. The van der Waals surface area contributed by atoms with Crippen LogP contribution in [0, 0.1) is 0 Å². The van der Waals surface area contributed by atoms with E-state index in [2.05, 4.69) is 10.3 Å². The third kappa shape index (κ3) is 4.24. The van der Waals surface area contributed by atoms with Gasteiger partial charge in [0.05, 0.1) is 28.3 Å². The number of hydrogen-bond donors (Lipinski definition) is 1. The van der Waals surface area contributed by atoms with Crippen LogP contribution in [0.5, 0.6) is 0 Å². The number of fused-ring (bicyclic) bond motifs is 1. The highest BCUT2D eigenvalue weighted by atomic mass is 32.2. The molecule has 1 amide bonds. The summed E-state index contributed by atoms with van der Waals surface area (Å²) in [5.74, 6) is 0.0351. The number of rotatable bonds is 5. The van der Waals surface area contributed by atoms with Gasteiger partial charge in [0, 0.05) is 13.1 Å². The zero-order chi connectivity index (χ0) is 19.6. The molecule has 2 heterocycles. The second-order valence-corrected chi connectivity index (χ2v) is 10.2. The second kappa shape index (κ2) is 7.98. The summed E-state index contributed by atoms with van der Waals surface area (Å²) in [4.78, 5) is 19.6. The first-order valence-corrected chi connectivity index (χ1v) is 11.8. The Morgan fingerprint density at radius 3 is 2.46 bits per heavy atom. The minimum Gasteiger partial charge on any atom is -0.348 e. The van der Waals surface area contributed by atoms with Crippen LogP contribution in [0.2, 0.25) is 0 Å². The van der Waals surface area contributed by atoms with Crippen LogP contribution < -0.4 is 5.32 Å². The standard InChI is InChI=1S/C20H21N3O3S2/c24-20(21-14-18-22-16-8-4-5-9-17(16)27-18)19(15-6-2-1-3-7-15)23-10-12-28(25,26)13-11-23/h1-9,19H,10-14H2,(H,21,24). The van der Waals surface area contributed by atoms with Crippen LogP contribution in [-0.2, 0) is 21.2 Å². The van der Waals surface area contributed by atoms with Gasteiger partial charge in [-0.1, -0.05) is 42.5 Å². The smallest absolute Gasteiger partial charge is 0.242 e. The van der Waals surface area contributed by atoms with E-state index in [0.717, 1.165) is 20.8 Å². The third-order valence-electron chi connectivity index (χ3n) is 4.86. The van der Waals surface area contributed by atoms with Crippen molar-refractivity contribution in [1.82, 2.24) is 15.2 Å². The predicted molar refractivity (Wildman–Crippen MR) is 111 cm³/mol. The zero-order valence-electron chi connectivity index (χ0n) is 15.2. The fourth-order valence-corrected chi connectivity index (χ4v) is 5.54. The molecule has 2 aromatic carbocycles. The van der Waals surface area contributed by atoms with Gasteiger partial charge in [-0.25, -0.2) is 13.4 Å². The summed E-state index contributed by atoms with van der Waals surface area (Å²) in [7, 11) is -3.01. The lowest BCUT2D eigenvalue weighted by Crippen LogP contribution is -2.47. The molecule has 0 spiro atoms. The van der Waals surface area contributed by atoms with E-state index in [1.165, 1.54) is 0 Å². The molecular formula is C20H21N3O3S2. The van der Waals surface area contributed by atoms with E-state index in [0.29, 0.717) is 19.6 Å².